The van der Waals surface area contributed by atoms with Gasteiger partial charge in [-0.25, -0.2) is 15.0 Å². The molecule has 0 N–H and O–H groups in total. The third-order valence-corrected chi connectivity index (χ3v) is 7.51. The van der Waals surface area contributed by atoms with E-state index in [0.717, 1.165) is 56.0 Å². The van der Waals surface area contributed by atoms with Gasteiger partial charge in [-0.2, -0.15) is 0 Å². The van der Waals surface area contributed by atoms with Crippen molar-refractivity contribution in [3.05, 3.63) is 146 Å². The first kappa shape index (κ1) is 24.0. The average molecular weight is 541 g/mol. The summed E-state index contributed by atoms with van der Waals surface area (Å²) in [4.78, 5) is 17.2. The lowest BCUT2D eigenvalue weighted by atomic mass is 10.00. The zero-order valence-corrected chi connectivity index (χ0v) is 22.6. The lowest BCUT2D eigenvalue weighted by Crippen LogP contribution is -2.16. The Morgan fingerprint density at radius 3 is 1.45 bits per heavy atom. The standard InChI is InChI=1S/C37H24N4O/c1-3-13-25(14-4-1)35-38-36(26-15-5-2-6-16-26)40-37(39-35)29-23-24-30(28-18-8-7-17-27(28)29)41-31-19-9-11-21-33(31)42-34-22-12-10-20-32(34)41/h1-24H. The van der Waals surface area contributed by atoms with Gasteiger partial charge in [-0.1, -0.05) is 109 Å². The van der Waals surface area contributed by atoms with Crippen LogP contribution in [0.25, 0.3) is 44.9 Å². The molecule has 0 aliphatic carbocycles. The predicted molar refractivity (Wildman–Crippen MR) is 168 cm³/mol. The number of anilines is 3. The molecule has 0 spiro atoms. The molecule has 1 aromatic heterocycles. The lowest BCUT2D eigenvalue weighted by molar-refractivity contribution is 0.477. The first-order valence-corrected chi connectivity index (χ1v) is 13.9. The number of fused-ring (bicyclic) bond motifs is 3. The molecule has 7 aromatic rings. The molecule has 1 aliphatic heterocycles. The van der Waals surface area contributed by atoms with Crippen LogP contribution in [0.15, 0.2) is 146 Å². The van der Waals surface area contributed by atoms with Crippen molar-refractivity contribution in [3.8, 4) is 45.7 Å². The summed E-state index contributed by atoms with van der Waals surface area (Å²) >= 11 is 0. The molecule has 0 bridgehead atoms. The van der Waals surface area contributed by atoms with Gasteiger partial charge in [0.15, 0.2) is 29.0 Å². The lowest BCUT2D eigenvalue weighted by Gasteiger charge is -2.33. The number of nitrogens with zero attached hydrogens (tertiary/aromatic N) is 4. The quantitative estimate of drug-likeness (QED) is 0.222. The fourth-order valence-corrected chi connectivity index (χ4v) is 5.57. The summed E-state index contributed by atoms with van der Waals surface area (Å²) in [5.41, 5.74) is 5.87. The van der Waals surface area contributed by atoms with Crippen LogP contribution in [-0.2, 0) is 0 Å². The van der Waals surface area contributed by atoms with Gasteiger partial charge in [-0.3, -0.25) is 0 Å². The smallest absolute Gasteiger partial charge is 0.164 e. The Hall–Kier alpha value is -5.81. The molecule has 0 saturated carbocycles. The van der Waals surface area contributed by atoms with E-state index in [0.29, 0.717) is 17.5 Å². The van der Waals surface area contributed by atoms with Crippen LogP contribution in [0.2, 0.25) is 0 Å². The maximum Gasteiger partial charge on any atom is 0.164 e. The van der Waals surface area contributed by atoms with Crippen LogP contribution in [-0.4, -0.2) is 15.0 Å². The van der Waals surface area contributed by atoms with E-state index in [2.05, 4.69) is 53.4 Å². The van der Waals surface area contributed by atoms with Crippen molar-refractivity contribution in [1.82, 2.24) is 15.0 Å². The highest BCUT2D eigenvalue weighted by Gasteiger charge is 2.27. The minimum absolute atomic E-state index is 0.633. The number of rotatable bonds is 4. The van der Waals surface area contributed by atoms with Crippen molar-refractivity contribution in [2.24, 2.45) is 0 Å². The zero-order chi connectivity index (χ0) is 27.9. The summed E-state index contributed by atoms with van der Waals surface area (Å²) in [6.45, 7) is 0. The molecule has 0 saturated heterocycles. The monoisotopic (exact) mass is 540 g/mol. The second-order valence-electron chi connectivity index (χ2n) is 10.1. The summed E-state index contributed by atoms with van der Waals surface area (Å²) in [6, 6.07) is 49.1. The SMILES string of the molecule is c1ccc(-c2nc(-c3ccccc3)nc(-c3ccc(N4c5ccccc5Oc5ccccc54)c4ccccc34)n2)cc1. The first-order valence-electron chi connectivity index (χ1n) is 13.9. The van der Waals surface area contributed by atoms with Gasteiger partial charge in [-0.05, 0) is 41.8 Å². The van der Waals surface area contributed by atoms with Gasteiger partial charge in [0.1, 0.15) is 0 Å². The molecular weight excluding hydrogens is 516 g/mol. The van der Waals surface area contributed by atoms with Gasteiger partial charge in [0.2, 0.25) is 0 Å². The molecule has 2 heterocycles. The van der Waals surface area contributed by atoms with E-state index in [-0.39, 0.29) is 0 Å². The van der Waals surface area contributed by atoms with Gasteiger partial charge in [0, 0.05) is 22.1 Å². The Kier molecular flexibility index (Phi) is 5.71. The summed E-state index contributed by atoms with van der Waals surface area (Å²) in [6.07, 6.45) is 0. The van der Waals surface area contributed by atoms with Crippen LogP contribution >= 0.6 is 0 Å². The van der Waals surface area contributed by atoms with Crippen LogP contribution in [0.4, 0.5) is 17.1 Å². The number of hydrogen-bond donors (Lipinski definition) is 0. The molecule has 0 amide bonds. The van der Waals surface area contributed by atoms with Gasteiger partial charge >= 0.3 is 0 Å². The maximum atomic E-state index is 6.28. The minimum Gasteiger partial charge on any atom is -0.453 e. The number of para-hydroxylation sites is 4. The molecule has 5 nitrogen and oxygen atoms in total. The Labute approximate surface area is 243 Å². The third-order valence-electron chi connectivity index (χ3n) is 7.51. The van der Waals surface area contributed by atoms with Crippen molar-refractivity contribution in [2.75, 3.05) is 4.90 Å². The molecule has 1 aliphatic rings. The normalized spacial score (nSPS) is 12.0. The predicted octanol–water partition coefficient (Wildman–Crippen LogP) is 9.60. The minimum atomic E-state index is 0.633. The van der Waals surface area contributed by atoms with E-state index >= 15 is 0 Å². The summed E-state index contributed by atoms with van der Waals surface area (Å²) in [7, 11) is 0. The first-order chi connectivity index (χ1) is 20.8. The topological polar surface area (TPSA) is 51.1 Å². The molecule has 0 unspecified atom stereocenters. The van der Waals surface area contributed by atoms with E-state index < -0.39 is 0 Å². The van der Waals surface area contributed by atoms with Crippen molar-refractivity contribution in [1.29, 1.82) is 0 Å². The van der Waals surface area contributed by atoms with E-state index in [1.165, 1.54) is 0 Å². The number of hydrogen-bond acceptors (Lipinski definition) is 5. The summed E-state index contributed by atoms with van der Waals surface area (Å²) in [5.74, 6) is 3.56. The van der Waals surface area contributed by atoms with Gasteiger partial charge < -0.3 is 9.64 Å². The van der Waals surface area contributed by atoms with E-state index in [1.807, 2.05) is 97.1 Å². The Morgan fingerprint density at radius 1 is 0.381 bits per heavy atom. The molecule has 198 valence electrons. The molecule has 0 radical (unpaired) electrons. The number of benzene rings is 6. The van der Waals surface area contributed by atoms with Crippen molar-refractivity contribution >= 4 is 27.8 Å². The summed E-state index contributed by atoms with van der Waals surface area (Å²) in [5, 5.41) is 2.14. The number of ether oxygens (including phenoxy) is 1. The molecule has 0 atom stereocenters. The van der Waals surface area contributed by atoms with Crippen molar-refractivity contribution < 1.29 is 4.74 Å². The van der Waals surface area contributed by atoms with Gasteiger partial charge in [0.25, 0.3) is 0 Å². The highest BCUT2D eigenvalue weighted by atomic mass is 16.5. The average Bonchev–Trinajstić information content (AvgIpc) is 3.07. The van der Waals surface area contributed by atoms with Crippen LogP contribution < -0.4 is 9.64 Å². The van der Waals surface area contributed by atoms with Crippen LogP contribution in [0.3, 0.4) is 0 Å². The highest BCUT2D eigenvalue weighted by Crippen LogP contribution is 2.52. The highest BCUT2D eigenvalue weighted by molar-refractivity contribution is 6.06. The van der Waals surface area contributed by atoms with Crippen molar-refractivity contribution in [3.63, 3.8) is 0 Å². The van der Waals surface area contributed by atoms with Gasteiger partial charge in [0.05, 0.1) is 17.1 Å². The van der Waals surface area contributed by atoms with Crippen LogP contribution in [0.5, 0.6) is 11.5 Å². The Balaban J connectivity index is 1.35. The molecule has 0 fully saturated rings. The second kappa shape index (κ2) is 9.98. The molecule has 5 heteroatoms. The fraction of sp³-hybridized carbons (Fsp3) is 0. The Morgan fingerprint density at radius 2 is 0.857 bits per heavy atom. The van der Waals surface area contributed by atoms with E-state index in [1.54, 1.807) is 0 Å². The largest absolute Gasteiger partial charge is 0.453 e. The number of aromatic nitrogens is 3. The van der Waals surface area contributed by atoms with Crippen molar-refractivity contribution in [2.45, 2.75) is 0 Å². The third kappa shape index (κ3) is 4.07. The summed E-state index contributed by atoms with van der Waals surface area (Å²) < 4.78 is 6.28. The maximum absolute atomic E-state index is 6.28. The molecule has 6 aromatic carbocycles. The second-order valence-corrected chi connectivity index (χ2v) is 10.1. The Bertz CT molecular complexity index is 1970. The van der Waals surface area contributed by atoms with E-state index in [9.17, 15) is 0 Å². The zero-order valence-electron chi connectivity index (χ0n) is 22.6. The molecular formula is C37H24N4O. The van der Waals surface area contributed by atoms with E-state index in [4.69, 9.17) is 19.7 Å². The van der Waals surface area contributed by atoms with Gasteiger partial charge in [-0.15, -0.1) is 0 Å². The van der Waals surface area contributed by atoms with Crippen LogP contribution in [0.1, 0.15) is 0 Å². The fourth-order valence-electron chi connectivity index (χ4n) is 5.57. The molecule has 8 rings (SSSR count). The molecule has 42 heavy (non-hydrogen) atoms. The van der Waals surface area contributed by atoms with Crippen LogP contribution in [0, 0.1) is 0 Å².